The van der Waals surface area contributed by atoms with E-state index in [1.54, 1.807) is 34.6 Å². The van der Waals surface area contributed by atoms with Crippen LogP contribution in [0.25, 0.3) is 0 Å². The standard InChI is InChI=1S/C36H52N4O8/c1-9-24(4)31(32(42)40-30(23(2)3)33(43)46-8)39-29(41)21-28(37-34(44)47-22-26-18-14-11-15-19-26)27(20-25-16-12-10-13-17-25)38-35(45)48-36(5,6)7/h10-19,23-24,27-28,30-31H,9,20-22H2,1-8H3,(H,37,44)(H,38,45)(H,39,41)(H,40,42). The van der Waals surface area contributed by atoms with Crippen molar-refractivity contribution in [3.05, 3.63) is 71.8 Å². The molecule has 0 saturated carbocycles. The van der Waals surface area contributed by atoms with Crippen LogP contribution < -0.4 is 21.3 Å². The lowest BCUT2D eigenvalue weighted by atomic mass is 9.94. The van der Waals surface area contributed by atoms with Crippen LogP contribution in [0.1, 0.15) is 72.4 Å². The molecule has 0 heterocycles. The molecule has 12 nitrogen and oxygen atoms in total. The number of esters is 1. The highest BCUT2D eigenvalue weighted by atomic mass is 16.6. The first-order valence-electron chi connectivity index (χ1n) is 16.3. The second kappa shape index (κ2) is 19.3. The number of carbonyl (C=O) groups is 5. The summed E-state index contributed by atoms with van der Waals surface area (Å²) in [5, 5.41) is 11.1. The first-order chi connectivity index (χ1) is 22.6. The van der Waals surface area contributed by atoms with E-state index in [0.29, 0.717) is 6.42 Å². The zero-order chi connectivity index (χ0) is 35.9. The van der Waals surface area contributed by atoms with Crippen molar-refractivity contribution >= 4 is 30.0 Å². The molecule has 264 valence electrons. The number of amides is 4. The molecule has 0 spiro atoms. The summed E-state index contributed by atoms with van der Waals surface area (Å²) in [5.74, 6) is -2.26. The molecule has 4 amide bonds. The fraction of sp³-hybridized carbons (Fsp3) is 0.528. The Morgan fingerprint density at radius 3 is 1.81 bits per heavy atom. The van der Waals surface area contributed by atoms with E-state index in [0.717, 1.165) is 11.1 Å². The van der Waals surface area contributed by atoms with Gasteiger partial charge in [0.1, 0.15) is 24.3 Å². The molecule has 0 bridgehead atoms. The molecule has 0 radical (unpaired) electrons. The fourth-order valence-corrected chi connectivity index (χ4v) is 4.83. The summed E-state index contributed by atoms with van der Waals surface area (Å²) in [4.78, 5) is 65.6. The largest absolute Gasteiger partial charge is 0.467 e. The van der Waals surface area contributed by atoms with E-state index in [9.17, 15) is 24.0 Å². The molecular formula is C36H52N4O8. The average molecular weight is 669 g/mol. The van der Waals surface area contributed by atoms with E-state index >= 15 is 0 Å². The Bertz CT molecular complexity index is 1330. The second-order valence-corrected chi connectivity index (χ2v) is 13.1. The first-order valence-corrected chi connectivity index (χ1v) is 16.3. The number of carbonyl (C=O) groups excluding carboxylic acids is 5. The third-order valence-corrected chi connectivity index (χ3v) is 7.64. The van der Waals surface area contributed by atoms with Crippen LogP contribution in [0.5, 0.6) is 0 Å². The maximum absolute atomic E-state index is 13.7. The van der Waals surface area contributed by atoms with E-state index in [4.69, 9.17) is 14.2 Å². The molecule has 2 aromatic rings. The smallest absolute Gasteiger partial charge is 0.407 e. The van der Waals surface area contributed by atoms with Gasteiger partial charge >= 0.3 is 18.2 Å². The molecule has 2 aromatic carbocycles. The molecule has 0 aliphatic rings. The topological polar surface area (TPSA) is 161 Å². The van der Waals surface area contributed by atoms with Crippen molar-refractivity contribution in [1.29, 1.82) is 0 Å². The number of ether oxygens (including phenoxy) is 3. The van der Waals surface area contributed by atoms with Crippen LogP contribution >= 0.6 is 0 Å². The van der Waals surface area contributed by atoms with Crippen molar-refractivity contribution in [3.63, 3.8) is 0 Å². The molecule has 0 aliphatic carbocycles. The highest BCUT2D eigenvalue weighted by Crippen LogP contribution is 2.15. The van der Waals surface area contributed by atoms with Crippen molar-refractivity contribution in [3.8, 4) is 0 Å². The van der Waals surface area contributed by atoms with E-state index in [-0.39, 0.29) is 31.3 Å². The SMILES string of the molecule is CCC(C)C(NC(=O)CC(NC(=O)OCc1ccccc1)C(Cc1ccccc1)NC(=O)OC(C)(C)C)C(=O)NC(C(=O)OC)C(C)C. The normalized spacial score (nSPS) is 14.4. The predicted molar refractivity (Wildman–Crippen MR) is 182 cm³/mol. The first kappa shape index (κ1) is 39.6. The summed E-state index contributed by atoms with van der Waals surface area (Å²) in [7, 11) is 1.24. The van der Waals surface area contributed by atoms with Gasteiger partial charge in [-0.05, 0) is 50.2 Å². The number of methoxy groups -OCH3 is 1. The second-order valence-electron chi connectivity index (χ2n) is 13.1. The lowest BCUT2D eigenvalue weighted by Crippen LogP contribution is -2.58. The van der Waals surface area contributed by atoms with Crippen molar-refractivity contribution in [1.82, 2.24) is 21.3 Å². The molecule has 0 aromatic heterocycles. The van der Waals surface area contributed by atoms with Crippen molar-refractivity contribution in [2.24, 2.45) is 11.8 Å². The Kier molecular flexibility index (Phi) is 15.9. The third kappa shape index (κ3) is 14.0. The van der Waals surface area contributed by atoms with Crippen molar-refractivity contribution in [2.75, 3.05) is 7.11 Å². The van der Waals surface area contributed by atoms with Gasteiger partial charge in [-0.1, -0.05) is 94.8 Å². The van der Waals surface area contributed by atoms with Gasteiger partial charge in [-0.15, -0.1) is 0 Å². The van der Waals surface area contributed by atoms with Crippen LogP contribution in [0.2, 0.25) is 0 Å². The van der Waals surface area contributed by atoms with E-state index < -0.39 is 59.7 Å². The minimum absolute atomic E-state index is 0.0120. The lowest BCUT2D eigenvalue weighted by molar-refractivity contribution is -0.146. The predicted octanol–water partition coefficient (Wildman–Crippen LogP) is 4.65. The van der Waals surface area contributed by atoms with Gasteiger partial charge in [0, 0.05) is 6.42 Å². The van der Waals surface area contributed by atoms with Crippen LogP contribution in [-0.4, -0.2) is 66.8 Å². The minimum atomic E-state index is -0.995. The van der Waals surface area contributed by atoms with E-state index in [1.165, 1.54) is 7.11 Å². The molecule has 4 N–H and O–H groups in total. The van der Waals surface area contributed by atoms with E-state index in [1.807, 2.05) is 74.5 Å². The number of alkyl carbamates (subject to hydrolysis) is 2. The zero-order valence-corrected chi connectivity index (χ0v) is 29.3. The molecule has 0 fully saturated rings. The van der Waals surface area contributed by atoms with Crippen LogP contribution in [0.4, 0.5) is 9.59 Å². The van der Waals surface area contributed by atoms with Gasteiger partial charge in [-0.3, -0.25) is 9.59 Å². The summed E-state index contributed by atoms with van der Waals surface area (Å²) < 4.78 is 15.8. The van der Waals surface area contributed by atoms with Gasteiger partial charge in [-0.25, -0.2) is 14.4 Å². The van der Waals surface area contributed by atoms with Gasteiger partial charge in [0.25, 0.3) is 0 Å². The molecule has 0 aliphatic heterocycles. The summed E-state index contributed by atoms with van der Waals surface area (Å²) in [5.41, 5.74) is 0.803. The number of benzene rings is 2. The Hall–Kier alpha value is -4.61. The summed E-state index contributed by atoms with van der Waals surface area (Å²) >= 11 is 0. The molecule has 5 unspecified atom stereocenters. The maximum Gasteiger partial charge on any atom is 0.407 e. The molecule has 5 atom stereocenters. The minimum Gasteiger partial charge on any atom is -0.467 e. The quantitative estimate of drug-likeness (QED) is 0.149. The summed E-state index contributed by atoms with van der Waals surface area (Å²) in [6.45, 7) is 12.4. The number of rotatable bonds is 16. The number of hydrogen-bond donors (Lipinski definition) is 4. The van der Waals surface area contributed by atoms with Gasteiger partial charge in [0.05, 0.1) is 19.2 Å². The lowest BCUT2D eigenvalue weighted by Gasteiger charge is -2.31. The van der Waals surface area contributed by atoms with Crippen LogP contribution in [0.15, 0.2) is 60.7 Å². The number of hydrogen-bond acceptors (Lipinski definition) is 8. The molecule has 2 rings (SSSR count). The third-order valence-electron chi connectivity index (χ3n) is 7.64. The zero-order valence-electron chi connectivity index (χ0n) is 29.3. The van der Waals surface area contributed by atoms with Crippen LogP contribution in [0.3, 0.4) is 0 Å². The van der Waals surface area contributed by atoms with Crippen LogP contribution in [-0.2, 0) is 41.6 Å². The van der Waals surface area contributed by atoms with Gasteiger partial charge < -0.3 is 35.5 Å². The van der Waals surface area contributed by atoms with Crippen molar-refractivity contribution < 1.29 is 38.2 Å². The Balaban J connectivity index is 2.38. The molecule has 12 heteroatoms. The monoisotopic (exact) mass is 668 g/mol. The van der Waals surface area contributed by atoms with Crippen LogP contribution in [0, 0.1) is 11.8 Å². The average Bonchev–Trinajstić information content (AvgIpc) is 3.03. The summed E-state index contributed by atoms with van der Waals surface area (Å²) in [6, 6.07) is 14.7. The summed E-state index contributed by atoms with van der Waals surface area (Å²) in [6.07, 6.45) is -1.06. The Labute approximate surface area is 284 Å². The van der Waals surface area contributed by atoms with E-state index in [2.05, 4.69) is 21.3 Å². The number of nitrogens with one attached hydrogen (secondary N) is 4. The molecule has 48 heavy (non-hydrogen) atoms. The highest BCUT2D eigenvalue weighted by Gasteiger charge is 2.34. The van der Waals surface area contributed by atoms with Gasteiger partial charge in [-0.2, -0.15) is 0 Å². The van der Waals surface area contributed by atoms with Gasteiger partial charge in [0.15, 0.2) is 0 Å². The molecule has 0 saturated heterocycles. The van der Waals surface area contributed by atoms with Gasteiger partial charge in [0.2, 0.25) is 11.8 Å². The fourth-order valence-electron chi connectivity index (χ4n) is 4.83. The Morgan fingerprint density at radius 2 is 1.29 bits per heavy atom. The Morgan fingerprint density at radius 1 is 0.729 bits per heavy atom. The maximum atomic E-state index is 13.7. The van der Waals surface area contributed by atoms with Crippen molar-refractivity contribution in [2.45, 2.75) is 104 Å². The highest BCUT2D eigenvalue weighted by molar-refractivity contribution is 5.91. The molecular weight excluding hydrogens is 616 g/mol.